The van der Waals surface area contributed by atoms with Gasteiger partial charge in [-0.05, 0) is 36.2 Å². The van der Waals surface area contributed by atoms with Gasteiger partial charge in [0.15, 0.2) is 0 Å². The van der Waals surface area contributed by atoms with E-state index in [1.807, 2.05) is 66.7 Å². The van der Waals surface area contributed by atoms with Crippen LogP contribution in [0.25, 0.3) is 0 Å². The summed E-state index contributed by atoms with van der Waals surface area (Å²) in [7, 11) is -3.55. The molecule has 0 aliphatic heterocycles. The van der Waals surface area contributed by atoms with Gasteiger partial charge in [-0.2, -0.15) is 0 Å². The van der Waals surface area contributed by atoms with Gasteiger partial charge in [0, 0.05) is 6.54 Å². The molecule has 3 aromatic carbocycles. The molecule has 0 saturated carbocycles. The monoisotopic (exact) mass is 353 g/mol. The third kappa shape index (κ3) is 5.49. The van der Waals surface area contributed by atoms with Crippen molar-refractivity contribution in [2.45, 2.75) is 6.42 Å². The maximum atomic E-state index is 13.2. The largest absolute Gasteiger partial charge is 0.512 e. The van der Waals surface area contributed by atoms with Crippen molar-refractivity contribution < 1.29 is 13.6 Å². The van der Waals surface area contributed by atoms with Crippen LogP contribution in [0.1, 0.15) is 5.56 Å². The topological polar surface area (TPSA) is 47.6 Å². The molecule has 3 rings (SSSR count). The van der Waals surface area contributed by atoms with Crippen molar-refractivity contribution in [3.63, 3.8) is 0 Å². The zero-order valence-electron chi connectivity index (χ0n) is 13.7. The molecule has 0 aromatic heterocycles. The highest BCUT2D eigenvalue weighted by Crippen LogP contribution is 2.44. The van der Waals surface area contributed by atoms with E-state index in [1.165, 1.54) is 0 Å². The number of hydrogen-bond donors (Lipinski definition) is 1. The molecule has 0 unspecified atom stereocenters. The Hall–Kier alpha value is -2.55. The summed E-state index contributed by atoms with van der Waals surface area (Å²) in [5, 5.41) is 2.95. The van der Waals surface area contributed by atoms with Gasteiger partial charge in [0.2, 0.25) is 0 Å². The van der Waals surface area contributed by atoms with Crippen molar-refractivity contribution in [3.8, 4) is 11.5 Å². The molecule has 0 aliphatic carbocycles. The van der Waals surface area contributed by atoms with E-state index in [9.17, 15) is 4.57 Å². The minimum absolute atomic E-state index is 0.473. The van der Waals surface area contributed by atoms with Crippen molar-refractivity contribution in [2.24, 2.45) is 0 Å². The highest BCUT2D eigenvalue weighted by molar-refractivity contribution is 7.52. The molecule has 0 radical (unpaired) electrons. The van der Waals surface area contributed by atoms with Crippen LogP contribution in [0.2, 0.25) is 0 Å². The van der Waals surface area contributed by atoms with Crippen LogP contribution in [-0.4, -0.2) is 6.54 Å². The lowest BCUT2D eigenvalue weighted by molar-refractivity contribution is 0.371. The molecule has 0 bridgehead atoms. The minimum Gasteiger partial charge on any atom is -0.405 e. The second-order valence-corrected chi connectivity index (χ2v) is 7.13. The third-order valence-electron chi connectivity index (χ3n) is 3.50. The lowest BCUT2D eigenvalue weighted by Gasteiger charge is -2.20. The molecule has 4 nitrogen and oxygen atoms in total. The fourth-order valence-corrected chi connectivity index (χ4v) is 3.66. The first-order chi connectivity index (χ1) is 12.2. The van der Waals surface area contributed by atoms with Gasteiger partial charge in [-0.25, -0.2) is 9.65 Å². The molecule has 0 fully saturated rings. The van der Waals surface area contributed by atoms with Crippen LogP contribution in [0.5, 0.6) is 11.5 Å². The molecule has 0 spiro atoms. The van der Waals surface area contributed by atoms with Crippen LogP contribution in [-0.2, 0) is 11.0 Å². The zero-order chi connectivity index (χ0) is 17.4. The first kappa shape index (κ1) is 17.3. The van der Waals surface area contributed by atoms with E-state index in [0.717, 1.165) is 12.0 Å². The van der Waals surface area contributed by atoms with Crippen LogP contribution >= 0.6 is 7.75 Å². The van der Waals surface area contributed by atoms with Crippen LogP contribution < -0.4 is 14.1 Å². The number of rotatable bonds is 8. The number of para-hydroxylation sites is 2. The molecule has 0 atom stereocenters. The van der Waals surface area contributed by atoms with Gasteiger partial charge in [-0.15, -0.1) is 0 Å². The zero-order valence-corrected chi connectivity index (χ0v) is 14.6. The summed E-state index contributed by atoms with van der Waals surface area (Å²) in [4.78, 5) is 0. The van der Waals surface area contributed by atoms with E-state index in [2.05, 4.69) is 5.09 Å². The number of hydrogen-bond acceptors (Lipinski definition) is 3. The smallest absolute Gasteiger partial charge is 0.405 e. The summed E-state index contributed by atoms with van der Waals surface area (Å²) >= 11 is 0. The molecule has 0 amide bonds. The van der Waals surface area contributed by atoms with Gasteiger partial charge in [-0.3, -0.25) is 0 Å². The van der Waals surface area contributed by atoms with Gasteiger partial charge >= 0.3 is 7.75 Å². The van der Waals surface area contributed by atoms with Gasteiger partial charge in [0.05, 0.1) is 0 Å². The predicted octanol–water partition coefficient (Wildman–Crippen LogP) is 5.08. The fourth-order valence-electron chi connectivity index (χ4n) is 2.31. The Balaban J connectivity index is 1.70. The van der Waals surface area contributed by atoms with Crippen LogP contribution in [0.15, 0.2) is 91.0 Å². The summed E-state index contributed by atoms with van der Waals surface area (Å²) < 4.78 is 24.5. The quantitative estimate of drug-likeness (QED) is 0.574. The van der Waals surface area contributed by atoms with Crippen LogP contribution in [0, 0.1) is 0 Å². The highest BCUT2D eigenvalue weighted by Gasteiger charge is 2.27. The molecule has 128 valence electrons. The van der Waals surface area contributed by atoms with E-state index < -0.39 is 7.75 Å². The Labute approximate surface area is 148 Å². The summed E-state index contributed by atoms with van der Waals surface area (Å²) in [5.41, 5.74) is 1.15. The van der Waals surface area contributed by atoms with Gasteiger partial charge in [0.1, 0.15) is 11.5 Å². The lowest BCUT2D eigenvalue weighted by Crippen LogP contribution is -2.21. The minimum atomic E-state index is -3.55. The Morgan fingerprint density at radius 2 is 1.12 bits per heavy atom. The van der Waals surface area contributed by atoms with E-state index in [0.29, 0.717) is 18.0 Å². The SMILES string of the molecule is O=P(NCCc1ccccc1)(Oc1ccccc1)Oc1ccccc1. The van der Waals surface area contributed by atoms with Crippen molar-refractivity contribution in [1.82, 2.24) is 5.09 Å². The van der Waals surface area contributed by atoms with E-state index in [4.69, 9.17) is 9.05 Å². The Kier molecular flexibility index (Phi) is 5.89. The van der Waals surface area contributed by atoms with Gasteiger partial charge in [-0.1, -0.05) is 66.7 Å². The molecule has 0 aliphatic rings. The standard InChI is InChI=1S/C20H20NO3P/c22-25(23-19-12-6-2-7-13-19,24-20-14-8-3-9-15-20)21-17-16-18-10-4-1-5-11-18/h1-15H,16-17H2,(H,21,22). The normalized spacial score (nSPS) is 11.0. The van der Waals surface area contributed by atoms with Crippen molar-refractivity contribution in [3.05, 3.63) is 96.6 Å². The van der Waals surface area contributed by atoms with Crippen LogP contribution in [0.3, 0.4) is 0 Å². The molecule has 1 N–H and O–H groups in total. The average Bonchev–Trinajstić information content (AvgIpc) is 2.64. The molecular formula is C20H20NO3P. The third-order valence-corrected chi connectivity index (χ3v) is 5.01. The molecule has 0 saturated heterocycles. The summed E-state index contributed by atoms with van der Waals surface area (Å²) in [6.45, 7) is 0.473. The molecule has 25 heavy (non-hydrogen) atoms. The summed E-state index contributed by atoms with van der Waals surface area (Å²) in [6, 6.07) is 28.0. The summed E-state index contributed by atoms with van der Waals surface area (Å²) in [6.07, 6.45) is 0.723. The molecule has 0 heterocycles. The average molecular weight is 353 g/mol. The lowest BCUT2D eigenvalue weighted by atomic mass is 10.2. The first-order valence-electron chi connectivity index (χ1n) is 8.12. The molecule has 3 aromatic rings. The molecular weight excluding hydrogens is 333 g/mol. The van der Waals surface area contributed by atoms with E-state index in [-0.39, 0.29) is 0 Å². The Bertz CT molecular complexity index is 765. The predicted molar refractivity (Wildman–Crippen MR) is 99.9 cm³/mol. The Morgan fingerprint density at radius 1 is 0.680 bits per heavy atom. The Morgan fingerprint density at radius 3 is 1.60 bits per heavy atom. The second kappa shape index (κ2) is 8.52. The van der Waals surface area contributed by atoms with Gasteiger partial charge in [0.25, 0.3) is 0 Å². The van der Waals surface area contributed by atoms with E-state index >= 15 is 0 Å². The maximum absolute atomic E-state index is 13.2. The highest BCUT2D eigenvalue weighted by atomic mass is 31.2. The van der Waals surface area contributed by atoms with Crippen molar-refractivity contribution in [2.75, 3.05) is 6.54 Å². The van der Waals surface area contributed by atoms with Crippen molar-refractivity contribution in [1.29, 1.82) is 0 Å². The summed E-state index contributed by atoms with van der Waals surface area (Å²) in [5.74, 6) is 0.989. The maximum Gasteiger partial charge on any atom is 0.512 e. The first-order valence-corrected chi connectivity index (χ1v) is 9.66. The number of benzene rings is 3. The van der Waals surface area contributed by atoms with Crippen molar-refractivity contribution >= 4 is 7.75 Å². The fraction of sp³-hybridized carbons (Fsp3) is 0.100. The molecule has 5 heteroatoms. The van der Waals surface area contributed by atoms with Crippen LogP contribution in [0.4, 0.5) is 0 Å². The van der Waals surface area contributed by atoms with Gasteiger partial charge < -0.3 is 9.05 Å². The number of nitrogens with one attached hydrogen (secondary N) is 1. The van der Waals surface area contributed by atoms with E-state index in [1.54, 1.807) is 24.3 Å². The second-order valence-electron chi connectivity index (χ2n) is 5.45.